The Bertz CT molecular complexity index is 605. The van der Waals surface area contributed by atoms with Crippen molar-refractivity contribution in [2.75, 3.05) is 26.3 Å². The summed E-state index contributed by atoms with van der Waals surface area (Å²) in [5.41, 5.74) is 0.271. The maximum atomic E-state index is 13.7. The molecule has 0 bridgehead atoms. The second-order valence-electron chi connectivity index (χ2n) is 4.38. The minimum absolute atomic E-state index is 0.0372. The molecule has 2 aromatic rings. The van der Waals surface area contributed by atoms with E-state index in [1.54, 1.807) is 18.2 Å². The number of hydrogen-bond acceptors (Lipinski definition) is 4. The molecule has 0 saturated carbocycles. The molecule has 1 aromatic carbocycles. The zero-order valence-corrected chi connectivity index (χ0v) is 11.3. The van der Waals surface area contributed by atoms with Gasteiger partial charge in [-0.1, -0.05) is 12.1 Å². The van der Waals surface area contributed by atoms with Crippen molar-refractivity contribution in [3.05, 3.63) is 48.0 Å². The first-order valence-electron chi connectivity index (χ1n) is 6.53. The third-order valence-electron chi connectivity index (χ3n) is 2.98. The molecule has 5 nitrogen and oxygen atoms in total. The van der Waals surface area contributed by atoms with E-state index in [-0.39, 0.29) is 43.4 Å². The van der Waals surface area contributed by atoms with Crippen molar-refractivity contribution in [3.63, 3.8) is 0 Å². The highest BCUT2D eigenvalue weighted by atomic mass is 19.1. The molecule has 0 fully saturated rings. The van der Waals surface area contributed by atoms with Gasteiger partial charge in [0.05, 0.1) is 18.8 Å². The van der Waals surface area contributed by atoms with Crippen LogP contribution < -0.4 is 0 Å². The molecule has 1 amide bonds. The van der Waals surface area contributed by atoms with Crippen LogP contribution in [0.4, 0.5) is 4.39 Å². The molecule has 1 heterocycles. The summed E-state index contributed by atoms with van der Waals surface area (Å²) in [6.07, 6.45) is 0. The lowest BCUT2D eigenvalue weighted by Gasteiger charge is -2.19. The van der Waals surface area contributed by atoms with E-state index in [2.05, 4.69) is 0 Å². The summed E-state index contributed by atoms with van der Waals surface area (Å²) in [6, 6.07) is 9.07. The lowest BCUT2D eigenvalue weighted by molar-refractivity contribution is 0.0654. The van der Waals surface area contributed by atoms with E-state index in [0.717, 1.165) is 0 Å². The van der Waals surface area contributed by atoms with Gasteiger partial charge in [-0.3, -0.25) is 4.79 Å². The third kappa shape index (κ3) is 3.48. The van der Waals surface area contributed by atoms with Crippen molar-refractivity contribution < 1.29 is 23.8 Å². The summed E-state index contributed by atoms with van der Waals surface area (Å²) in [5.74, 6) is -0.603. The molecule has 0 aliphatic carbocycles. The second-order valence-corrected chi connectivity index (χ2v) is 4.38. The third-order valence-corrected chi connectivity index (χ3v) is 2.98. The minimum atomic E-state index is -0.458. The topological polar surface area (TPSA) is 73.9 Å². The van der Waals surface area contributed by atoms with Crippen LogP contribution in [0, 0.1) is 5.82 Å². The van der Waals surface area contributed by atoms with Crippen LogP contribution in [0.1, 0.15) is 10.6 Å². The van der Waals surface area contributed by atoms with Crippen LogP contribution in [0.25, 0.3) is 11.3 Å². The summed E-state index contributed by atoms with van der Waals surface area (Å²) in [4.78, 5) is 13.4. The zero-order chi connectivity index (χ0) is 15.2. The van der Waals surface area contributed by atoms with Crippen molar-refractivity contribution >= 4 is 5.91 Å². The fraction of sp³-hybridized carbons (Fsp3) is 0.267. The number of halogens is 1. The number of aliphatic hydroxyl groups excluding tert-OH is 2. The average Bonchev–Trinajstić information content (AvgIpc) is 2.96. The number of nitrogens with zero attached hydrogens (tertiary/aromatic N) is 1. The number of hydrogen-bond donors (Lipinski definition) is 2. The van der Waals surface area contributed by atoms with E-state index < -0.39 is 11.7 Å². The lowest BCUT2D eigenvalue weighted by Crippen LogP contribution is -2.35. The van der Waals surface area contributed by atoms with Gasteiger partial charge < -0.3 is 19.5 Å². The van der Waals surface area contributed by atoms with Crippen LogP contribution >= 0.6 is 0 Å². The fourth-order valence-corrected chi connectivity index (χ4v) is 1.97. The van der Waals surface area contributed by atoms with Gasteiger partial charge in [-0.2, -0.15) is 0 Å². The van der Waals surface area contributed by atoms with Crippen molar-refractivity contribution in [1.29, 1.82) is 0 Å². The predicted octanol–water partition coefficient (Wildman–Crippen LogP) is 1.51. The fourth-order valence-electron chi connectivity index (χ4n) is 1.97. The van der Waals surface area contributed by atoms with E-state index >= 15 is 0 Å². The summed E-state index contributed by atoms with van der Waals surface area (Å²) in [5, 5.41) is 17.8. The molecule has 0 radical (unpaired) electrons. The van der Waals surface area contributed by atoms with Crippen LogP contribution in [0.15, 0.2) is 40.8 Å². The van der Waals surface area contributed by atoms with E-state index in [1.807, 2.05) is 0 Å². The molecule has 0 saturated heterocycles. The van der Waals surface area contributed by atoms with Crippen molar-refractivity contribution in [2.24, 2.45) is 0 Å². The maximum Gasteiger partial charge on any atom is 0.289 e. The molecule has 2 rings (SSSR count). The zero-order valence-electron chi connectivity index (χ0n) is 11.3. The molecule has 0 atom stereocenters. The Hall–Kier alpha value is -2.18. The Kier molecular flexibility index (Phi) is 5.08. The van der Waals surface area contributed by atoms with Crippen molar-refractivity contribution in [1.82, 2.24) is 4.90 Å². The Labute approximate surface area is 121 Å². The number of furan rings is 1. The smallest absolute Gasteiger partial charge is 0.289 e. The molecule has 1 aromatic heterocycles. The van der Waals surface area contributed by atoms with Gasteiger partial charge in [0.15, 0.2) is 5.76 Å². The van der Waals surface area contributed by atoms with E-state index in [9.17, 15) is 9.18 Å². The highest BCUT2D eigenvalue weighted by Crippen LogP contribution is 2.25. The molecular formula is C15H16FNO4. The predicted molar refractivity (Wildman–Crippen MR) is 74.2 cm³/mol. The van der Waals surface area contributed by atoms with Gasteiger partial charge in [-0.25, -0.2) is 4.39 Å². The van der Waals surface area contributed by atoms with E-state index in [0.29, 0.717) is 0 Å². The van der Waals surface area contributed by atoms with Crippen LogP contribution in [-0.4, -0.2) is 47.3 Å². The Morgan fingerprint density at radius 1 is 1.10 bits per heavy atom. The molecule has 0 unspecified atom stereocenters. The van der Waals surface area contributed by atoms with Crippen molar-refractivity contribution in [3.8, 4) is 11.3 Å². The largest absolute Gasteiger partial charge is 0.451 e. The van der Waals surface area contributed by atoms with Crippen LogP contribution in [-0.2, 0) is 0 Å². The number of benzene rings is 1. The van der Waals surface area contributed by atoms with Crippen molar-refractivity contribution in [2.45, 2.75) is 0 Å². The van der Waals surface area contributed by atoms with Gasteiger partial charge in [0, 0.05) is 13.1 Å². The quantitative estimate of drug-likeness (QED) is 0.846. The minimum Gasteiger partial charge on any atom is -0.451 e. The molecule has 112 valence electrons. The number of carbonyl (C=O) groups is 1. The van der Waals surface area contributed by atoms with Crippen LogP contribution in [0.2, 0.25) is 0 Å². The summed E-state index contributed by atoms with van der Waals surface area (Å²) in [7, 11) is 0. The average molecular weight is 293 g/mol. The summed E-state index contributed by atoms with van der Waals surface area (Å²) >= 11 is 0. The number of aliphatic hydroxyl groups is 2. The van der Waals surface area contributed by atoms with Gasteiger partial charge in [-0.05, 0) is 24.3 Å². The molecular weight excluding hydrogens is 277 g/mol. The highest BCUT2D eigenvalue weighted by molar-refractivity contribution is 5.92. The first-order chi connectivity index (χ1) is 10.2. The molecule has 2 N–H and O–H groups in total. The molecule has 21 heavy (non-hydrogen) atoms. The SMILES string of the molecule is O=C(c1ccc(-c2ccccc2F)o1)N(CCO)CCO. The maximum absolute atomic E-state index is 13.7. The van der Waals surface area contributed by atoms with E-state index in [4.69, 9.17) is 14.6 Å². The first kappa shape index (κ1) is 15.2. The van der Waals surface area contributed by atoms with Gasteiger partial charge in [0.2, 0.25) is 0 Å². The monoisotopic (exact) mass is 293 g/mol. The molecule has 0 aliphatic rings. The number of carbonyl (C=O) groups excluding carboxylic acids is 1. The van der Waals surface area contributed by atoms with Crippen LogP contribution in [0.5, 0.6) is 0 Å². The molecule has 0 spiro atoms. The summed E-state index contributed by atoms with van der Waals surface area (Å²) < 4.78 is 19.1. The number of rotatable bonds is 6. The molecule has 6 heteroatoms. The lowest BCUT2D eigenvalue weighted by atomic mass is 10.1. The normalized spacial score (nSPS) is 10.6. The van der Waals surface area contributed by atoms with Gasteiger partial charge in [0.25, 0.3) is 5.91 Å². The standard InChI is InChI=1S/C15H16FNO4/c16-12-4-2-1-3-11(12)13-5-6-14(21-13)15(20)17(7-9-18)8-10-19/h1-6,18-19H,7-10H2. The van der Waals surface area contributed by atoms with Crippen LogP contribution in [0.3, 0.4) is 0 Å². The Balaban J connectivity index is 2.23. The number of amides is 1. The van der Waals surface area contributed by atoms with Gasteiger partial charge in [-0.15, -0.1) is 0 Å². The van der Waals surface area contributed by atoms with E-state index in [1.165, 1.54) is 23.1 Å². The second kappa shape index (κ2) is 7.01. The Morgan fingerprint density at radius 3 is 2.38 bits per heavy atom. The highest BCUT2D eigenvalue weighted by Gasteiger charge is 2.19. The summed E-state index contributed by atoms with van der Waals surface area (Å²) in [6.45, 7) is -0.247. The van der Waals surface area contributed by atoms with Gasteiger partial charge in [0.1, 0.15) is 11.6 Å². The van der Waals surface area contributed by atoms with Gasteiger partial charge >= 0.3 is 0 Å². The molecule has 0 aliphatic heterocycles. The Morgan fingerprint density at radius 2 is 1.76 bits per heavy atom. The first-order valence-corrected chi connectivity index (χ1v) is 6.53.